The van der Waals surface area contributed by atoms with Crippen LogP contribution in [0.4, 0.5) is 0 Å². The second-order valence-corrected chi connectivity index (χ2v) is 7.10. The minimum atomic E-state index is 0.661. The maximum absolute atomic E-state index is 6.32. The molecule has 124 valence electrons. The number of nitrogens with zero attached hydrogens (tertiary/aromatic N) is 4. The summed E-state index contributed by atoms with van der Waals surface area (Å²) in [7, 11) is 2.22. The number of likely N-dealkylation sites (N-methyl/N-ethyl adjacent to an activating group) is 1. The van der Waals surface area contributed by atoms with E-state index in [1.54, 1.807) is 0 Å². The Labute approximate surface area is 138 Å². The SMILES string of the molecule is CCCCc1nc(Cl)c(CN2CCN3CCN(C)C[C@@H]3C2)[nH]1. The van der Waals surface area contributed by atoms with Crippen LogP contribution in [0.3, 0.4) is 0 Å². The first-order chi connectivity index (χ1) is 10.7. The summed E-state index contributed by atoms with van der Waals surface area (Å²) in [5.74, 6) is 1.04. The molecule has 0 bridgehead atoms. The predicted molar refractivity (Wildman–Crippen MR) is 90.3 cm³/mol. The van der Waals surface area contributed by atoms with E-state index in [4.69, 9.17) is 11.6 Å². The van der Waals surface area contributed by atoms with Gasteiger partial charge in [-0.1, -0.05) is 24.9 Å². The summed E-state index contributed by atoms with van der Waals surface area (Å²) in [6, 6.07) is 0.661. The van der Waals surface area contributed by atoms with E-state index in [0.717, 1.165) is 44.0 Å². The number of unbranched alkanes of at least 4 members (excludes halogenated alkanes) is 1. The van der Waals surface area contributed by atoms with E-state index < -0.39 is 0 Å². The molecule has 0 amide bonds. The molecule has 6 heteroatoms. The number of fused-ring (bicyclic) bond motifs is 1. The summed E-state index contributed by atoms with van der Waals surface area (Å²) in [6.07, 6.45) is 3.35. The van der Waals surface area contributed by atoms with Crippen molar-refractivity contribution in [3.8, 4) is 0 Å². The van der Waals surface area contributed by atoms with E-state index in [-0.39, 0.29) is 0 Å². The highest BCUT2D eigenvalue weighted by Crippen LogP contribution is 2.20. The number of halogens is 1. The van der Waals surface area contributed by atoms with Crippen LogP contribution in [0.25, 0.3) is 0 Å². The summed E-state index contributed by atoms with van der Waals surface area (Å²) < 4.78 is 0. The number of aromatic nitrogens is 2. The van der Waals surface area contributed by atoms with Gasteiger partial charge in [-0.3, -0.25) is 9.80 Å². The highest BCUT2D eigenvalue weighted by atomic mass is 35.5. The lowest BCUT2D eigenvalue weighted by atomic mass is 10.1. The smallest absolute Gasteiger partial charge is 0.151 e. The number of hydrogen-bond acceptors (Lipinski definition) is 4. The van der Waals surface area contributed by atoms with E-state index in [9.17, 15) is 0 Å². The Morgan fingerprint density at radius 1 is 1.23 bits per heavy atom. The summed E-state index contributed by atoms with van der Waals surface area (Å²) >= 11 is 6.32. The first-order valence-corrected chi connectivity index (χ1v) is 8.91. The van der Waals surface area contributed by atoms with Gasteiger partial charge in [0.05, 0.1) is 5.69 Å². The zero-order valence-corrected chi connectivity index (χ0v) is 14.6. The van der Waals surface area contributed by atoms with E-state index in [2.05, 4.69) is 38.6 Å². The normalized spacial score (nSPS) is 24.6. The third-order valence-corrected chi connectivity index (χ3v) is 5.22. The van der Waals surface area contributed by atoms with Gasteiger partial charge in [-0.2, -0.15) is 0 Å². The molecular weight excluding hydrogens is 298 g/mol. The van der Waals surface area contributed by atoms with E-state index in [0.29, 0.717) is 11.2 Å². The maximum Gasteiger partial charge on any atom is 0.151 e. The van der Waals surface area contributed by atoms with Crippen molar-refractivity contribution < 1.29 is 0 Å². The molecule has 2 aliphatic heterocycles. The molecule has 2 fully saturated rings. The number of hydrogen-bond donors (Lipinski definition) is 1. The molecule has 1 N–H and O–H groups in total. The molecule has 1 atom stereocenters. The van der Waals surface area contributed by atoms with Crippen molar-refractivity contribution in [1.29, 1.82) is 0 Å². The monoisotopic (exact) mass is 325 g/mol. The molecule has 1 aromatic heterocycles. The van der Waals surface area contributed by atoms with Gasteiger partial charge in [0.2, 0.25) is 0 Å². The van der Waals surface area contributed by atoms with Gasteiger partial charge in [0.25, 0.3) is 0 Å². The van der Waals surface area contributed by atoms with Gasteiger partial charge in [0, 0.05) is 58.3 Å². The van der Waals surface area contributed by atoms with Crippen LogP contribution in [0.15, 0.2) is 0 Å². The fourth-order valence-electron chi connectivity index (χ4n) is 3.55. The first kappa shape index (κ1) is 16.2. The fraction of sp³-hybridized carbons (Fsp3) is 0.812. The van der Waals surface area contributed by atoms with Gasteiger partial charge < -0.3 is 9.88 Å². The molecule has 0 radical (unpaired) electrons. The Morgan fingerprint density at radius 3 is 2.86 bits per heavy atom. The van der Waals surface area contributed by atoms with Crippen molar-refractivity contribution in [3.63, 3.8) is 0 Å². The molecule has 2 saturated heterocycles. The number of H-pyrrole nitrogens is 1. The summed E-state index contributed by atoms with van der Waals surface area (Å²) in [5, 5.41) is 0.661. The van der Waals surface area contributed by atoms with Crippen LogP contribution in [0.1, 0.15) is 31.3 Å². The minimum Gasteiger partial charge on any atom is -0.344 e. The van der Waals surface area contributed by atoms with Crippen LogP contribution in [-0.2, 0) is 13.0 Å². The quantitative estimate of drug-likeness (QED) is 0.896. The Kier molecular flexibility index (Phi) is 5.39. The third kappa shape index (κ3) is 3.82. The molecule has 2 aliphatic rings. The molecule has 22 heavy (non-hydrogen) atoms. The largest absolute Gasteiger partial charge is 0.344 e. The number of nitrogens with one attached hydrogen (secondary N) is 1. The molecule has 5 nitrogen and oxygen atoms in total. The Balaban J connectivity index is 1.58. The van der Waals surface area contributed by atoms with Crippen molar-refractivity contribution in [2.45, 2.75) is 38.8 Å². The number of piperazine rings is 2. The zero-order chi connectivity index (χ0) is 15.5. The van der Waals surface area contributed by atoms with Gasteiger partial charge in [-0.25, -0.2) is 4.98 Å². The second-order valence-electron chi connectivity index (χ2n) is 6.74. The van der Waals surface area contributed by atoms with E-state index >= 15 is 0 Å². The van der Waals surface area contributed by atoms with Crippen molar-refractivity contribution in [2.24, 2.45) is 0 Å². The van der Waals surface area contributed by atoms with Gasteiger partial charge in [0.15, 0.2) is 5.15 Å². The van der Waals surface area contributed by atoms with Crippen molar-refractivity contribution in [2.75, 3.05) is 46.3 Å². The Morgan fingerprint density at radius 2 is 2.05 bits per heavy atom. The van der Waals surface area contributed by atoms with Gasteiger partial charge in [-0.05, 0) is 13.5 Å². The standard InChI is InChI=1S/C16H28ClN5/c1-3-4-5-15-18-14(16(17)19-15)12-21-7-9-22-8-6-20(2)10-13(22)11-21/h13H,3-12H2,1-2H3,(H,18,19)/t13-/m1/s1. The van der Waals surface area contributed by atoms with Crippen LogP contribution >= 0.6 is 11.6 Å². The van der Waals surface area contributed by atoms with E-state index in [1.807, 2.05) is 0 Å². The van der Waals surface area contributed by atoms with Gasteiger partial charge >= 0.3 is 0 Å². The Hall–Kier alpha value is -0.620. The number of aromatic amines is 1. The Bertz CT molecular complexity index is 489. The second kappa shape index (κ2) is 7.30. The third-order valence-electron chi connectivity index (χ3n) is 4.91. The van der Waals surface area contributed by atoms with Gasteiger partial charge in [0.1, 0.15) is 5.82 Å². The molecule has 3 rings (SSSR count). The number of aryl methyl sites for hydroxylation is 1. The average molecular weight is 326 g/mol. The molecule has 0 aliphatic carbocycles. The molecule has 1 aromatic rings. The van der Waals surface area contributed by atoms with Crippen LogP contribution in [-0.4, -0.2) is 77.0 Å². The van der Waals surface area contributed by atoms with Crippen LogP contribution in [0, 0.1) is 0 Å². The highest BCUT2D eigenvalue weighted by molar-refractivity contribution is 6.30. The lowest BCUT2D eigenvalue weighted by molar-refractivity contribution is 0.0171. The molecule has 0 aromatic carbocycles. The number of imidazole rings is 1. The molecular formula is C16H28ClN5. The number of rotatable bonds is 5. The lowest BCUT2D eigenvalue weighted by Crippen LogP contribution is -2.61. The molecule has 0 unspecified atom stereocenters. The van der Waals surface area contributed by atoms with E-state index in [1.165, 1.54) is 32.6 Å². The summed E-state index contributed by atoms with van der Waals surface area (Å²) in [4.78, 5) is 15.5. The van der Waals surface area contributed by atoms with Crippen molar-refractivity contribution >= 4 is 11.6 Å². The minimum absolute atomic E-state index is 0.661. The first-order valence-electron chi connectivity index (χ1n) is 8.54. The maximum atomic E-state index is 6.32. The fourth-order valence-corrected chi connectivity index (χ4v) is 3.76. The summed E-state index contributed by atoms with van der Waals surface area (Å²) in [6.45, 7) is 10.1. The summed E-state index contributed by atoms with van der Waals surface area (Å²) in [5.41, 5.74) is 1.09. The average Bonchev–Trinajstić information content (AvgIpc) is 2.85. The predicted octanol–water partition coefficient (Wildman–Crippen LogP) is 1.84. The van der Waals surface area contributed by atoms with Crippen LogP contribution in [0.2, 0.25) is 5.15 Å². The lowest BCUT2D eigenvalue weighted by Gasteiger charge is -2.46. The topological polar surface area (TPSA) is 38.4 Å². The van der Waals surface area contributed by atoms with Crippen LogP contribution in [0.5, 0.6) is 0 Å². The highest BCUT2D eigenvalue weighted by Gasteiger charge is 2.31. The van der Waals surface area contributed by atoms with Crippen molar-refractivity contribution in [3.05, 3.63) is 16.7 Å². The molecule has 0 spiro atoms. The van der Waals surface area contributed by atoms with Crippen LogP contribution < -0.4 is 0 Å². The zero-order valence-electron chi connectivity index (χ0n) is 13.8. The van der Waals surface area contributed by atoms with Crippen molar-refractivity contribution in [1.82, 2.24) is 24.7 Å². The van der Waals surface area contributed by atoms with Gasteiger partial charge in [-0.15, -0.1) is 0 Å². The molecule has 3 heterocycles. The molecule has 0 saturated carbocycles.